The predicted molar refractivity (Wildman–Crippen MR) is 327 cm³/mol. The lowest BCUT2D eigenvalue weighted by Gasteiger charge is -2.29. The van der Waals surface area contributed by atoms with Gasteiger partial charge >= 0.3 is 0 Å². The van der Waals surface area contributed by atoms with Gasteiger partial charge in [0.25, 0.3) is 0 Å². The van der Waals surface area contributed by atoms with E-state index in [1.807, 2.05) is 54.7 Å². The summed E-state index contributed by atoms with van der Waals surface area (Å²) in [4.78, 5) is 10.8. The van der Waals surface area contributed by atoms with Crippen LogP contribution in [0.5, 0.6) is 5.75 Å². The van der Waals surface area contributed by atoms with Gasteiger partial charge in [0.05, 0.1) is 28.0 Å². The Morgan fingerprint density at radius 1 is 0.513 bits per heavy atom. The number of rotatable bonds is 11. The van der Waals surface area contributed by atoms with E-state index in [9.17, 15) is 10.6 Å². The van der Waals surface area contributed by atoms with Crippen molar-refractivity contribution in [3.63, 3.8) is 0 Å². The van der Waals surface area contributed by atoms with E-state index in [0.29, 0.717) is 42.6 Å². The van der Waals surface area contributed by atoms with Crippen LogP contribution in [0, 0.1) is 5.92 Å². The van der Waals surface area contributed by atoms with Crippen LogP contribution >= 0.6 is 0 Å². The Morgan fingerprint density at radius 3 is 1.79 bits per heavy atom. The van der Waals surface area contributed by atoms with E-state index < -0.39 is 23.6 Å². The van der Waals surface area contributed by atoms with Crippen molar-refractivity contribution >= 4 is 11.0 Å². The van der Waals surface area contributed by atoms with E-state index in [1.54, 1.807) is 0 Å². The fourth-order valence-electron chi connectivity index (χ4n) is 12.0. The monoisotopic (exact) mass is 1020 g/mol. The summed E-state index contributed by atoms with van der Waals surface area (Å²) in [5.74, 6) is -0.685. The molecule has 2 saturated carbocycles. The van der Waals surface area contributed by atoms with Crippen molar-refractivity contribution in [2.24, 2.45) is 5.92 Å². The number of fused-ring (bicyclic) bond motifs is 1. The number of hydrogen-bond acceptors (Lipinski definition) is 3. The molecule has 2 heterocycles. The van der Waals surface area contributed by atoms with Gasteiger partial charge in [0, 0.05) is 33.9 Å². The first-order chi connectivity index (χ1) is 39.3. The Bertz CT molecular complexity index is 3950. The molecule has 0 aliphatic heterocycles. The Morgan fingerprint density at radius 2 is 1.13 bits per heavy atom. The maximum atomic E-state index is 12.8. The zero-order valence-corrected chi connectivity index (χ0v) is 46.1. The molecule has 78 heavy (non-hydrogen) atoms. The zero-order valence-electron chi connectivity index (χ0n) is 50.1. The Labute approximate surface area is 468 Å². The van der Waals surface area contributed by atoms with Crippen LogP contribution in [-0.2, 0) is 17.2 Å². The molecule has 2 fully saturated rings. The van der Waals surface area contributed by atoms with Crippen LogP contribution in [0.4, 0.5) is 0 Å². The van der Waals surface area contributed by atoms with E-state index >= 15 is 0 Å². The van der Waals surface area contributed by atoms with Gasteiger partial charge in [0.1, 0.15) is 11.6 Å². The standard InChI is InChI=1S/C74H73N3O/c1-73(2,3)62-47-65(71(78)66(48-62)74(4,5)6)72-76-70-63(27-18-28-69(70)77(72)68-38-29-50(41-49-19-16-17-20-49)42-64(68)57-25-14-9-15-26-57)60-43-59(52-23-12-8-13-24-52)44-61(45-60)67-46-58(39-40-75-67)56-36-34-55(35-37-56)54-32-30-53(31-33-54)51-21-10-7-11-22-51/h7-15,18,21-29,34-40,42-49,53-54,78H,16-17,19-20,30-33,41H2,1-6H3/i41D2,53D,54D. The molecule has 0 unspecified atom stereocenters. The number of aromatic hydroxyl groups is 1. The summed E-state index contributed by atoms with van der Waals surface area (Å²) in [5, 5.41) is 12.8. The minimum atomic E-state index is -1.52. The third-order valence-corrected chi connectivity index (χ3v) is 16.4. The molecule has 2 aliphatic carbocycles. The molecule has 2 aromatic heterocycles. The third-order valence-electron chi connectivity index (χ3n) is 16.4. The quantitative estimate of drug-likeness (QED) is 0.140. The highest BCUT2D eigenvalue weighted by Crippen LogP contribution is 2.47. The second kappa shape index (κ2) is 21.2. The number of phenols is 1. The van der Waals surface area contributed by atoms with E-state index in [4.69, 9.17) is 9.97 Å². The molecule has 4 nitrogen and oxygen atoms in total. The maximum Gasteiger partial charge on any atom is 0.149 e. The number of nitrogens with zero attached hydrogens (tertiary/aromatic N) is 3. The Hall–Kier alpha value is -7.82. The predicted octanol–water partition coefficient (Wildman–Crippen LogP) is 19.9. The van der Waals surface area contributed by atoms with E-state index in [2.05, 4.69) is 192 Å². The summed E-state index contributed by atoms with van der Waals surface area (Å²) in [6.07, 6.45) is 6.75. The van der Waals surface area contributed by atoms with Gasteiger partial charge in [0.15, 0.2) is 0 Å². The van der Waals surface area contributed by atoms with Crippen LogP contribution in [0.3, 0.4) is 0 Å². The molecule has 2 aliphatic rings. The molecule has 0 atom stereocenters. The Kier molecular flexibility index (Phi) is 12.6. The highest BCUT2D eigenvalue weighted by molar-refractivity contribution is 5.98. The summed E-state index contributed by atoms with van der Waals surface area (Å²) in [5.41, 5.74) is 16.7. The van der Waals surface area contributed by atoms with Crippen molar-refractivity contribution in [1.29, 1.82) is 0 Å². The van der Waals surface area contributed by atoms with Crippen LogP contribution in [0.15, 0.2) is 200 Å². The van der Waals surface area contributed by atoms with Crippen LogP contribution < -0.4 is 0 Å². The van der Waals surface area contributed by atoms with E-state index in [1.165, 1.54) is 0 Å². The van der Waals surface area contributed by atoms with Crippen LogP contribution in [0.2, 0.25) is 0 Å². The second-order valence-electron chi connectivity index (χ2n) is 23.8. The van der Waals surface area contributed by atoms with Gasteiger partial charge in [-0.05, 0) is 171 Å². The minimum Gasteiger partial charge on any atom is -0.507 e. The lowest BCUT2D eigenvalue weighted by atomic mass is 9.76. The molecule has 0 radical (unpaired) electrons. The number of benzene rings is 8. The molecule has 0 spiro atoms. The SMILES string of the molecule is [2H]C1(c2ccccc2)CCC([2H])(c2ccc(-c3ccnc(-c4cc(-c5ccccc5)cc(-c5cccc6c5nc(-c5cc(C(C)(C)C)cc(C(C)(C)C)c5O)n6-c5ccc(C([2H])([2H])C6CCCC6)cc5-c5ccccc5)c4)c3)cc2)CC1. The van der Waals surface area contributed by atoms with Gasteiger partial charge in [-0.25, -0.2) is 4.98 Å². The van der Waals surface area contributed by atoms with Crippen molar-refractivity contribution in [3.8, 4) is 78.6 Å². The van der Waals surface area contributed by atoms with Crippen LogP contribution in [-0.4, -0.2) is 19.6 Å². The van der Waals surface area contributed by atoms with Gasteiger partial charge in [-0.15, -0.1) is 0 Å². The first-order valence-electron chi connectivity index (χ1n) is 30.2. The summed E-state index contributed by atoms with van der Waals surface area (Å²) >= 11 is 0. The normalized spacial score (nSPS) is 19.1. The van der Waals surface area contributed by atoms with Gasteiger partial charge < -0.3 is 5.11 Å². The Balaban J connectivity index is 1.01. The number of phenolic OH excluding ortho intramolecular Hbond substituents is 1. The summed E-state index contributed by atoms with van der Waals surface area (Å²) < 4.78 is 40.3. The van der Waals surface area contributed by atoms with Crippen LogP contribution in [0.1, 0.15) is 138 Å². The number of aromatic nitrogens is 3. The molecule has 4 heteroatoms. The lowest BCUT2D eigenvalue weighted by Crippen LogP contribution is -2.17. The van der Waals surface area contributed by atoms with Crippen molar-refractivity contribution in [2.45, 2.75) is 122 Å². The molecule has 10 aromatic rings. The second-order valence-corrected chi connectivity index (χ2v) is 23.8. The zero-order chi connectivity index (χ0) is 57.2. The third kappa shape index (κ3) is 10.4. The highest BCUT2D eigenvalue weighted by Gasteiger charge is 2.30. The molecule has 8 aromatic carbocycles. The fraction of sp³-hybridized carbons (Fsp3) is 0.270. The summed E-state index contributed by atoms with van der Waals surface area (Å²) in [7, 11) is 0. The summed E-state index contributed by atoms with van der Waals surface area (Å²) in [6, 6.07) is 67.0. The van der Waals surface area contributed by atoms with Crippen molar-refractivity contribution < 1.29 is 10.6 Å². The van der Waals surface area contributed by atoms with Gasteiger partial charge in [0.2, 0.25) is 0 Å². The smallest absolute Gasteiger partial charge is 0.149 e. The molecule has 12 rings (SSSR count). The first-order valence-corrected chi connectivity index (χ1v) is 28.2. The van der Waals surface area contributed by atoms with Crippen molar-refractivity contribution in [1.82, 2.24) is 14.5 Å². The van der Waals surface area contributed by atoms with Gasteiger partial charge in [-0.1, -0.05) is 207 Å². The fourth-order valence-corrected chi connectivity index (χ4v) is 12.0. The molecule has 0 bridgehead atoms. The molecule has 0 saturated heterocycles. The molecule has 0 amide bonds. The van der Waals surface area contributed by atoms with Gasteiger partial charge in [-0.3, -0.25) is 9.55 Å². The maximum absolute atomic E-state index is 12.8. The highest BCUT2D eigenvalue weighted by atomic mass is 16.3. The number of hydrogen-bond donors (Lipinski definition) is 1. The number of pyridine rings is 1. The summed E-state index contributed by atoms with van der Waals surface area (Å²) in [6.45, 7) is 13.0. The number of para-hydroxylation sites is 1. The van der Waals surface area contributed by atoms with E-state index in [0.717, 1.165) is 120 Å². The number of imidazole rings is 1. The van der Waals surface area contributed by atoms with Gasteiger partial charge in [-0.2, -0.15) is 0 Å². The van der Waals surface area contributed by atoms with Crippen molar-refractivity contribution in [3.05, 3.63) is 228 Å². The van der Waals surface area contributed by atoms with Crippen molar-refractivity contribution in [2.75, 3.05) is 0 Å². The molecular weight excluding hydrogens is 947 g/mol. The largest absolute Gasteiger partial charge is 0.507 e. The minimum absolute atomic E-state index is 0.0562. The van der Waals surface area contributed by atoms with E-state index in [-0.39, 0.29) is 17.1 Å². The molecular formula is C74H73N3O. The van der Waals surface area contributed by atoms with Crippen LogP contribution in [0.25, 0.3) is 83.9 Å². The average Bonchev–Trinajstić information content (AvgIpc) is 3.30. The molecule has 1 N–H and O–H groups in total. The lowest BCUT2D eigenvalue weighted by molar-refractivity contribution is 0.396. The topological polar surface area (TPSA) is 50.9 Å². The first kappa shape index (κ1) is 46.3. The molecule has 390 valence electrons. The average molecular weight is 1020 g/mol.